The standard InChI is InChI=1S/C22H35N/c1-16-12-17(2)15-23(14-16)21-11-8-19(13-21)18-6-9-20(10-7-18)22(3,4)5/h6-7,9-10,16-17,19,21H,8,11-15H2,1-5H3/t16-,17+,19-,21-/m1/s1. The Bertz CT molecular complexity index is 500. The van der Waals surface area contributed by atoms with Crippen molar-refractivity contribution in [2.45, 2.75) is 77.7 Å². The molecule has 1 saturated heterocycles. The first-order valence-corrected chi connectivity index (χ1v) is 9.67. The summed E-state index contributed by atoms with van der Waals surface area (Å²) in [5.74, 6) is 2.54. The van der Waals surface area contributed by atoms with Crippen molar-refractivity contribution in [3.63, 3.8) is 0 Å². The Morgan fingerprint density at radius 1 is 0.870 bits per heavy atom. The van der Waals surface area contributed by atoms with E-state index in [9.17, 15) is 0 Å². The molecular weight excluding hydrogens is 278 g/mol. The molecule has 128 valence electrons. The van der Waals surface area contributed by atoms with Gasteiger partial charge >= 0.3 is 0 Å². The number of hydrogen-bond acceptors (Lipinski definition) is 1. The van der Waals surface area contributed by atoms with Crippen molar-refractivity contribution in [2.24, 2.45) is 11.8 Å². The first-order valence-electron chi connectivity index (χ1n) is 9.67. The van der Waals surface area contributed by atoms with Crippen molar-refractivity contribution in [3.05, 3.63) is 35.4 Å². The molecule has 0 radical (unpaired) electrons. The number of rotatable bonds is 2. The molecule has 1 nitrogen and oxygen atoms in total. The van der Waals surface area contributed by atoms with Crippen LogP contribution in [0, 0.1) is 11.8 Å². The van der Waals surface area contributed by atoms with Crippen molar-refractivity contribution < 1.29 is 0 Å². The van der Waals surface area contributed by atoms with Gasteiger partial charge in [-0.1, -0.05) is 58.9 Å². The van der Waals surface area contributed by atoms with E-state index in [0.717, 1.165) is 23.8 Å². The minimum absolute atomic E-state index is 0.261. The van der Waals surface area contributed by atoms with Gasteiger partial charge in [0, 0.05) is 19.1 Å². The molecule has 4 atom stereocenters. The number of benzene rings is 1. The molecule has 2 fully saturated rings. The lowest BCUT2D eigenvalue weighted by Gasteiger charge is -2.39. The van der Waals surface area contributed by atoms with E-state index in [1.165, 1.54) is 44.3 Å². The highest BCUT2D eigenvalue weighted by atomic mass is 15.2. The van der Waals surface area contributed by atoms with E-state index >= 15 is 0 Å². The maximum atomic E-state index is 2.81. The van der Waals surface area contributed by atoms with Crippen LogP contribution < -0.4 is 0 Å². The van der Waals surface area contributed by atoms with Gasteiger partial charge in [-0.25, -0.2) is 0 Å². The Morgan fingerprint density at radius 3 is 2.04 bits per heavy atom. The zero-order chi connectivity index (χ0) is 16.6. The number of hydrogen-bond donors (Lipinski definition) is 0. The van der Waals surface area contributed by atoms with E-state index in [-0.39, 0.29) is 5.41 Å². The maximum absolute atomic E-state index is 2.81. The topological polar surface area (TPSA) is 3.24 Å². The summed E-state index contributed by atoms with van der Waals surface area (Å²) in [5.41, 5.74) is 3.28. The fourth-order valence-electron chi connectivity index (χ4n) is 4.86. The third-order valence-electron chi connectivity index (χ3n) is 6.07. The normalized spacial score (nSPS) is 33.1. The molecule has 0 aromatic heterocycles. The van der Waals surface area contributed by atoms with Crippen LogP contribution in [0.5, 0.6) is 0 Å². The van der Waals surface area contributed by atoms with Crippen LogP contribution in [0.2, 0.25) is 0 Å². The van der Waals surface area contributed by atoms with Gasteiger partial charge in [-0.05, 0) is 60.0 Å². The molecule has 1 heteroatoms. The summed E-state index contributed by atoms with van der Waals surface area (Å²) >= 11 is 0. The Labute approximate surface area is 143 Å². The first-order chi connectivity index (χ1) is 10.8. The molecule has 0 unspecified atom stereocenters. The lowest BCUT2D eigenvalue weighted by atomic mass is 9.85. The largest absolute Gasteiger partial charge is 0.300 e. The second kappa shape index (κ2) is 6.59. The van der Waals surface area contributed by atoms with Crippen LogP contribution in [-0.4, -0.2) is 24.0 Å². The highest BCUT2D eigenvalue weighted by Gasteiger charge is 2.33. The van der Waals surface area contributed by atoms with Crippen LogP contribution in [0.1, 0.15) is 77.3 Å². The average molecular weight is 314 g/mol. The minimum Gasteiger partial charge on any atom is -0.300 e. The van der Waals surface area contributed by atoms with Crippen LogP contribution in [0.4, 0.5) is 0 Å². The molecule has 1 aliphatic carbocycles. The lowest BCUT2D eigenvalue weighted by Crippen LogP contribution is -2.44. The van der Waals surface area contributed by atoms with Gasteiger partial charge in [0.05, 0.1) is 0 Å². The number of nitrogens with zero attached hydrogens (tertiary/aromatic N) is 1. The molecule has 23 heavy (non-hydrogen) atoms. The molecule has 0 N–H and O–H groups in total. The van der Waals surface area contributed by atoms with Crippen LogP contribution in [0.15, 0.2) is 24.3 Å². The van der Waals surface area contributed by atoms with Gasteiger partial charge < -0.3 is 0 Å². The fraction of sp³-hybridized carbons (Fsp3) is 0.727. The zero-order valence-corrected chi connectivity index (χ0v) is 15.8. The summed E-state index contributed by atoms with van der Waals surface area (Å²) in [6.45, 7) is 14.4. The Kier molecular flexibility index (Phi) is 4.88. The highest BCUT2D eigenvalue weighted by Crippen LogP contribution is 2.39. The molecule has 2 aliphatic rings. The third kappa shape index (κ3) is 3.99. The second-order valence-electron chi connectivity index (χ2n) is 9.44. The molecular formula is C22H35N. The molecule has 0 spiro atoms. The molecule has 0 amide bonds. The van der Waals surface area contributed by atoms with Crippen molar-refractivity contribution in [3.8, 4) is 0 Å². The predicted octanol–water partition coefficient (Wildman–Crippen LogP) is 5.60. The van der Waals surface area contributed by atoms with Crippen LogP contribution in [0.3, 0.4) is 0 Å². The van der Waals surface area contributed by atoms with E-state index < -0.39 is 0 Å². The quantitative estimate of drug-likeness (QED) is 0.687. The van der Waals surface area contributed by atoms with E-state index in [1.807, 2.05) is 0 Å². The van der Waals surface area contributed by atoms with Crippen molar-refractivity contribution in [1.82, 2.24) is 4.90 Å². The van der Waals surface area contributed by atoms with E-state index in [0.29, 0.717) is 0 Å². The summed E-state index contributed by atoms with van der Waals surface area (Å²) in [6.07, 6.45) is 5.55. The van der Waals surface area contributed by atoms with Crippen LogP contribution in [-0.2, 0) is 5.41 Å². The smallest absolute Gasteiger partial charge is 0.0101 e. The predicted molar refractivity (Wildman–Crippen MR) is 100 cm³/mol. The van der Waals surface area contributed by atoms with E-state index in [4.69, 9.17) is 0 Å². The molecule has 1 aromatic rings. The zero-order valence-electron chi connectivity index (χ0n) is 15.8. The molecule has 1 aromatic carbocycles. The fourth-order valence-corrected chi connectivity index (χ4v) is 4.86. The summed E-state index contributed by atoms with van der Waals surface area (Å²) in [7, 11) is 0. The first kappa shape index (κ1) is 17.0. The number of piperidine rings is 1. The van der Waals surface area contributed by atoms with E-state index in [1.54, 1.807) is 5.56 Å². The highest BCUT2D eigenvalue weighted by molar-refractivity contribution is 5.30. The minimum atomic E-state index is 0.261. The van der Waals surface area contributed by atoms with Gasteiger partial charge in [-0.3, -0.25) is 4.90 Å². The van der Waals surface area contributed by atoms with Crippen LogP contribution >= 0.6 is 0 Å². The summed E-state index contributed by atoms with van der Waals surface area (Å²) in [4.78, 5) is 2.81. The van der Waals surface area contributed by atoms with Gasteiger partial charge in [-0.2, -0.15) is 0 Å². The second-order valence-corrected chi connectivity index (χ2v) is 9.44. The van der Waals surface area contributed by atoms with Crippen molar-refractivity contribution in [2.75, 3.05) is 13.1 Å². The van der Waals surface area contributed by atoms with Gasteiger partial charge in [0.1, 0.15) is 0 Å². The molecule has 0 bridgehead atoms. The van der Waals surface area contributed by atoms with E-state index in [2.05, 4.69) is 63.8 Å². The molecule has 1 aliphatic heterocycles. The Morgan fingerprint density at radius 2 is 1.48 bits per heavy atom. The van der Waals surface area contributed by atoms with Gasteiger partial charge in [0.2, 0.25) is 0 Å². The summed E-state index contributed by atoms with van der Waals surface area (Å²) < 4.78 is 0. The third-order valence-corrected chi connectivity index (χ3v) is 6.07. The number of likely N-dealkylation sites (tertiary alicyclic amines) is 1. The lowest BCUT2D eigenvalue weighted by molar-refractivity contribution is 0.0971. The van der Waals surface area contributed by atoms with Crippen molar-refractivity contribution >= 4 is 0 Å². The average Bonchev–Trinajstić information content (AvgIpc) is 2.95. The SMILES string of the molecule is C[C@@H]1C[C@H](C)CN([C@@H]2CC[C@@H](c3ccc(C(C)(C)C)cc3)C2)C1. The Hall–Kier alpha value is -0.820. The summed E-state index contributed by atoms with van der Waals surface area (Å²) in [5, 5.41) is 0. The summed E-state index contributed by atoms with van der Waals surface area (Å²) in [6, 6.07) is 10.3. The monoisotopic (exact) mass is 313 g/mol. The maximum Gasteiger partial charge on any atom is 0.0101 e. The Balaban J connectivity index is 1.63. The van der Waals surface area contributed by atoms with Gasteiger partial charge in [0.15, 0.2) is 0 Å². The molecule has 3 rings (SSSR count). The molecule has 1 heterocycles. The van der Waals surface area contributed by atoms with Gasteiger partial charge in [0.25, 0.3) is 0 Å². The van der Waals surface area contributed by atoms with Crippen molar-refractivity contribution in [1.29, 1.82) is 0 Å². The molecule has 1 saturated carbocycles. The van der Waals surface area contributed by atoms with Crippen LogP contribution in [0.25, 0.3) is 0 Å². The van der Waals surface area contributed by atoms with Gasteiger partial charge in [-0.15, -0.1) is 0 Å².